The number of carbonyl (C=O) groups excluding carboxylic acids is 2. The number of nitrogens with one attached hydrogen (secondary N) is 2. The minimum atomic E-state index is 0.111. The monoisotopic (exact) mass is 364 g/mol. The predicted molar refractivity (Wildman–Crippen MR) is 111 cm³/mol. The number of allylic oxidation sites excluding steroid dienone is 4. The molecule has 0 aliphatic heterocycles. The van der Waals surface area contributed by atoms with E-state index >= 15 is 0 Å². The first-order chi connectivity index (χ1) is 12.7. The second-order valence-corrected chi connectivity index (χ2v) is 6.74. The van der Waals surface area contributed by atoms with Gasteiger partial charge in [0.15, 0.2) is 0 Å². The molecule has 0 fully saturated rings. The van der Waals surface area contributed by atoms with Crippen LogP contribution in [0.25, 0.3) is 0 Å². The SMILES string of the molecule is C/C=C/CCCCCNC(=O)CCCCC(=O)NCCCCC/C=C/C. The van der Waals surface area contributed by atoms with Crippen LogP contribution in [-0.2, 0) is 9.59 Å². The van der Waals surface area contributed by atoms with Crippen LogP contribution in [0.3, 0.4) is 0 Å². The first-order valence-electron chi connectivity index (χ1n) is 10.5. The van der Waals surface area contributed by atoms with Crippen molar-refractivity contribution in [3.63, 3.8) is 0 Å². The summed E-state index contributed by atoms with van der Waals surface area (Å²) in [5, 5.41) is 5.92. The van der Waals surface area contributed by atoms with Crippen molar-refractivity contribution in [3.8, 4) is 0 Å². The Bertz CT molecular complexity index is 365. The third kappa shape index (κ3) is 18.8. The van der Waals surface area contributed by atoms with Crippen molar-refractivity contribution in [1.82, 2.24) is 10.6 Å². The molecule has 150 valence electrons. The maximum absolute atomic E-state index is 11.7. The Morgan fingerprint density at radius 3 is 1.42 bits per heavy atom. The molecule has 0 saturated heterocycles. The fraction of sp³-hybridized carbons (Fsp3) is 0.727. The highest BCUT2D eigenvalue weighted by molar-refractivity contribution is 5.77. The average Bonchev–Trinajstić information content (AvgIpc) is 2.64. The second-order valence-electron chi connectivity index (χ2n) is 6.74. The highest BCUT2D eigenvalue weighted by atomic mass is 16.2. The van der Waals surface area contributed by atoms with Gasteiger partial charge in [-0.05, 0) is 65.2 Å². The van der Waals surface area contributed by atoms with Crippen LogP contribution in [0.1, 0.15) is 90.9 Å². The Morgan fingerprint density at radius 2 is 1.04 bits per heavy atom. The zero-order chi connectivity index (χ0) is 19.3. The van der Waals surface area contributed by atoms with Crippen LogP contribution in [0.5, 0.6) is 0 Å². The van der Waals surface area contributed by atoms with E-state index in [1.165, 1.54) is 12.8 Å². The highest BCUT2D eigenvalue weighted by Crippen LogP contribution is 2.03. The summed E-state index contributed by atoms with van der Waals surface area (Å²) in [7, 11) is 0. The van der Waals surface area contributed by atoms with Crippen LogP contribution in [0.4, 0.5) is 0 Å². The largest absolute Gasteiger partial charge is 0.356 e. The molecule has 2 N–H and O–H groups in total. The molecule has 0 aromatic heterocycles. The van der Waals surface area contributed by atoms with Crippen LogP contribution >= 0.6 is 0 Å². The molecule has 0 spiro atoms. The average molecular weight is 365 g/mol. The van der Waals surface area contributed by atoms with Crippen molar-refractivity contribution in [3.05, 3.63) is 24.3 Å². The predicted octanol–water partition coefficient (Wildman–Crippen LogP) is 5.05. The minimum Gasteiger partial charge on any atom is -0.356 e. The molecule has 26 heavy (non-hydrogen) atoms. The van der Waals surface area contributed by atoms with Crippen molar-refractivity contribution in [2.75, 3.05) is 13.1 Å². The van der Waals surface area contributed by atoms with Gasteiger partial charge in [0, 0.05) is 25.9 Å². The van der Waals surface area contributed by atoms with Crippen molar-refractivity contribution >= 4 is 11.8 Å². The Kier molecular flexibility index (Phi) is 18.5. The maximum atomic E-state index is 11.7. The van der Waals surface area contributed by atoms with Crippen LogP contribution in [-0.4, -0.2) is 24.9 Å². The molecule has 4 heteroatoms. The molecule has 0 aromatic carbocycles. The number of unbranched alkanes of at least 4 members (excludes halogenated alkanes) is 7. The van der Waals surface area contributed by atoms with Gasteiger partial charge in [-0.3, -0.25) is 9.59 Å². The molecule has 4 nitrogen and oxygen atoms in total. The Labute approximate surface area is 160 Å². The number of hydrogen-bond donors (Lipinski definition) is 2. The number of rotatable bonds is 17. The van der Waals surface area contributed by atoms with E-state index in [0.29, 0.717) is 12.8 Å². The molecule has 0 radical (unpaired) electrons. The van der Waals surface area contributed by atoms with Gasteiger partial charge >= 0.3 is 0 Å². The highest BCUT2D eigenvalue weighted by Gasteiger charge is 2.03. The summed E-state index contributed by atoms with van der Waals surface area (Å²) in [6.07, 6.45) is 20.1. The van der Waals surface area contributed by atoms with Gasteiger partial charge in [0.25, 0.3) is 0 Å². The molecule has 0 unspecified atom stereocenters. The zero-order valence-electron chi connectivity index (χ0n) is 17.0. The Balaban J connectivity index is 3.36. The molecule has 0 aliphatic carbocycles. The van der Waals surface area contributed by atoms with E-state index in [9.17, 15) is 9.59 Å². The quantitative estimate of drug-likeness (QED) is 0.280. The van der Waals surface area contributed by atoms with Gasteiger partial charge in [0.05, 0.1) is 0 Å². The van der Waals surface area contributed by atoms with Gasteiger partial charge in [-0.15, -0.1) is 0 Å². The van der Waals surface area contributed by atoms with Crippen LogP contribution in [0.15, 0.2) is 24.3 Å². The third-order valence-corrected chi connectivity index (χ3v) is 4.27. The summed E-state index contributed by atoms with van der Waals surface area (Å²) < 4.78 is 0. The van der Waals surface area contributed by atoms with Gasteiger partial charge < -0.3 is 10.6 Å². The number of carbonyl (C=O) groups is 2. The van der Waals surface area contributed by atoms with Gasteiger partial charge in [-0.25, -0.2) is 0 Å². The van der Waals surface area contributed by atoms with Gasteiger partial charge in [0.1, 0.15) is 0 Å². The van der Waals surface area contributed by atoms with Gasteiger partial charge in [-0.2, -0.15) is 0 Å². The standard InChI is InChI=1S/C22H40N2O2/c1-3-5-7-9-11-15-19-23-21(25)17-13-14-18-22(26)24-20-16-12-10-8-6-4-2/h3-6H,7-20H2,1-2H3,(H,23,25)(H,24,26)/b5-3+,6-4+. The summed E-state index contributed by atoms with van der Waals surface area (Å²) in [5.74, 6) is 0.222. The van der Waals surface area contributed by atoms with Crippen molar-refractivity contribution in [2.45, 2.75) is 90.9 Å². The normalized spacial score (nSPS) is 11.3. The van der Waals surface area contributed by atoms with Crippen LogP contribution in [0, 0.1) is 0 Å². The third-order valence-electron chi connectivity index (χ3n) is 4.27. The molecule has 2 amide bonds. The summed E-state index contributed by atoms with van der Waals surface area (Å²) in [6, 6.07) is 0. The van der Waals surface area contributed by atoms with E-state index in [-0.39, 0.29) is 11.8 Å². The van der Waals surface area contributed by atoms with E-state index in [1.54, 1.807) is 0 Å². The summed E-state index contributed by atoms with van der Waals surface area (Å²) in [6.45, 7) is 5.61. The second kappa shape index (κ2) is 19.7. The van der Waals surface area contributed by atoms with Crippen LogP contribution in [0.2, 0.25) is 0 Å². The lowest BCUT2D eigenvalue weighted by Crippen LogP contribution is -2.25. The van der Waals surface area contributed by atoms with E-state index in [2.05, 4.69) is 34.9 Å². The maximum Gasteiger partial charge on any atom is 0.219 e. The topological polar surface area (TPSA) is 58.2 Å². The molecule has 0 saturated carbocycles. The lowest BCUT2D eigenvalue weighted by molar-refractivity contribution is -0.123. The number of hydrogen-bond acceptors (Lipinski definition) is 2. The lowest BCUT2D eigenvalue weighted by atomic mass is 10.1. The summed E-state index contributed by atoms with van der Waals surface area (Å²) >= 11 is 0. The number of amides is 2. The first kappa shape index (κ1) is 24.4. The Hall–Kier alpha value is -1.58. The van der Waals surface area contributed by atoms with Crippen molar-refractivity contribution < 1.29 is 9.59 Å². The Morgan fingerprint density at radius 1 is 0.615 bits per heavy atom. The fourth-order valence-corrected chi connectivity index (χ4v) is 2.66. The molecule has 0 aromatic rings. The van der Waals surface area contributed by atoms with E-state index in [0.717, 1.165) is 64.5 Å². The molecule has 0 rings (SSSR count). The molecular weight excluding hydrogens is 324 g/mol. The molecular formula is C22H40N2O2. The summed E-state index contributed by atoms with van der Waals surface area (Å²) in [5.41, 5.74) is 0. The van der Waals surface area contributed by atoms with E-state index in [1.807, 2.05) is 13.8 Å². The van der Waals surface area contributed by atoms with E-state index in [4.69, 9.17) is 0 Å². The summed E-state index contributed by atoms with van der Waals surface area (Å²) in [4.78, 5) is 23.4. The molecule has 0 aliphatic rings. The lowest BCUT2D eigenvalue weighted by Gasteiger charge is -2.06. The van der Waals surface area contributed by atoms with Crippen molar-refractivity contribution in [2.24, 2.45) is 0 Å². The van der Waals surface area contributed by atoms with Crippen molar-refractivity contribution in [1.29, 1.82) is 0 Å². The minimum absolute atomic E-state index is 0.111. The molecule has 0 atom stereocenters. The van der Waals surface area contributed by atoms with Gasteiger partial charge in [-0.1, -0.05) is 37.1 Å². The van der Waals surface area contributed by atoms with E-state index < -0.39 is 0 Å². The first-order valence-corrected chi connectivity index (χ1v) is 10.5. The smallest absolute Gasteiger partial charge is 0.219 e. The fourth-order valence-electron chi connectivity index (χ4n) is 2.66. The van der Waals surface area contributed by atoms with Gasteiger partial charge in [0.2, 0.25) is 11.8 Å². The molecule has 0 heterocycles. The van der Waals surface area contributed by atoms with Crippen LogP contribution < -0.4 is 10.6 Å². The zero-order valence-corrected chi connectivity index (χ0v) is 17.0. The molecule has 0 bridgehead atoms.